The maximum atomic E-state index is 6.04. The molecular weight excluding hydrogens is 272 g/mol. The van der Waals surface area contributed by atoms with E-state index in [9.17, 15) is 0 Å². The van der Waals surface area contributed by atoms with Crippen molar-refractivity contribution in [3.63, 3.8) is 0 Å². The Morgan fingerprint density at radius 2 is 2.30 bits per heavy atom. The molecule has 0 atom stereocenters. The topological polar surface area (TPSA) is 77.0 Å². The van der Waals surface area contributed by atoms with Gasteiger partial charge in [-0.3, -0.25) is 0 Å². The van der Waals surface area contributed by atoms with E-state index >= 15 is 0 Å². The molecule has 0 radical (unpaired) electrons. The molecule has 3 N–H and O–H groups in total. The Morgan fingerprint density at radius 3 is 3.05 bits per heavy atom. The number of thiophene rings is 1. The summed E-state index contributed by atoms with van der Waals surface area (Å²) in [7, 11) is 0. The molecule has 1 aliphatic carbocycles. The number of anilines is 1. The maximum Gasteiger partial charge on any atom is 0.199 e. The van der Waals surface area contributed by atoms with Crippen LogP contribution in [0.2, 0.25) is 0 Å². The Kier molecular flexibility index (Phi) is 2.71. The summed E-state index contributed by atoms with van der Waals surface area (Å²) < 4.78 is 5.33. The average molecular weight is 286 g/mol. The molecule has 0 aliphatic heterocycles. The molecule has 3 heterocycles. The number of nitrogens with zero attached hydrogens (tertiary/aromatic N) is 2. The van der Waals surface area contributed by atoms with Crippen LogP contribution in [0.1, 0.15) is 17.7 Å². The first-order valence-electron chi connectivity index (χ1n) is 6.63. The fourth-order valence-electron chi connectivity index (χ4n) is 2.13. The largest absolute Gasteiger partial charge is 0.461 e. The Labute approximate surface area is 119 Å². The number of aromatic nitrogens is 2. The smallest absolute Gasteiger partial charge is 0.199 e. The molecule has 6 heteroatoms. The number of hydrogen-bond donors (Lipinski definition) is 2. The summed E-state index contributed by atoms with van der Waals surface area (Å²) in [6.45, 7) is 0.876. The third kappa shape index (κ3) is 2.17. The molecule has 3 aromatic rings. The van der Waals surface area contributed by atoms with Gasteiger partial charge >= 0.3 is 0 Å². The number of hydrogen-bond acceptors (Lipinski definition) is 6. The van der Waals surface area contributed by atoms with Crippen LogP contribution in [0.25, 0.3) is 21.8 Å². The minimum Gasteiger partial charge on any atom is -0.461 e. The summed E-state index contributed by atoms with van der Waals surface area (Å²) in [4.78, 5) is 11.0. The van der Waals surface area contributed by atoms with Gasteiger partial charge in [-0.25, -0.2) is 9.97 Å². The van der Waals surface area contributed by atoms with Crippen LogP contribution in [-0.4, -0.2) is 16.0 Å². The van der Waals surface area contributed by atoms with Gasteiger partial charge in [0.2, 0.25) is 0 Å². The van der Waals surface area contributed by atoms with Crippen molar-refractivity contribution in [2.24, 2.45) is 0 Å². The highest BCUT2D eigenvalue weighted by Gasteiger charge is 2.20. The molecule has 1 aliphatic rings. The van der Waals surface area contributed by atoms with E-state index in [0.717, 1.165) is 16.8 Å². The second-order valence-corrected chi connectivity index (χ2v) is 6.11. The van der Waals surface area contributed by atoms with E-state index in [4.69, 9.17) is 10.2 Å². The van der Waals surface area contributed by atoms with Crippen molar-refractivity contribution in [1.82, 2.24) is 15.3 Å². The standard InChI is InChI=1S/C14H14N4OS/c15-12-10-6-9(7-16-8-3-4-8)20-14(10)18-13(17-12)11-2-1-5-19-11/h1-2,5-6,8,16H,3-4,7H2,(H2,15,17,18). The molecule has 0 amide bonds. The zero-order valence-electron chi connectivity index (χ0n) is 10.8. The van der Waals surface area contributed by atoms with Gasteiger partial charge in [0.25, 0.3) is 0 Å². The molecular formula is C14H14N4OS. The number of nitrogens with one attached hydrogen (secondary N) is 1. The molecule has 20 heavy (non-hydrogen) atoms. The summed E-state index contributed by atoms with van der Waals surface area (Å²) in [6.07, 6.45) is 4.18. The van der Waals surface area contributed by atoms with Crippen molar-refractivity contribution in [3.8, 4) is 11.6 Å². The zero-order valence-corrected chi connectivity index (χ0v) is 11.6. The van der Waals surface area contributed by atoms with Crippen LogP contribution in [-0.2, 0) is 6.54 Å². The molecule has 0 saturated heterocycles. The number of nitrogens with two attached hydrogens (primary N) is 1. The number of furan rings is 1. The van der Waals surface area contributed by atoms with Crippen molar-refractivity contribution in [3.05, 3.63) is 29.3 Å². The van der Waals surface area contributed by atoms with Crippen LogP contribution in [0, 0.1) is 0 Å². The first-order valence-corrected chi connectivity index (χ1v) is 7.44. The third-order valence-electron chi connectivity index (χ3n) is 3.36. The van der Waals surface area contributed by atoms with Crippen molar-refractivity contribution in [2.75, 3.05) is 5.73 Å². The lowest BCUT2D eigenvalue weighted by molar-refractivity contribution is 0.578. The van der Waals surface area contributed by atoms with Crippen molar-refractivity contribution in [2.45, 2.75) is 25.4 Å². The van der Waals surface area contributed by atoms with Gasteiger partial charge < -0.3 is 15.5 Å². The quantitative estimate of drug-likeness (QED) is 0.771. The summed E-state index contributed by atoms with van der Waals surface area (Å²) in [6, 6.07) is 6.43. The number of rotatable bonds is 4. The highest BCUT2D eigenvalue weighted by molar-refractivity contribution is 7.18. The molecule has 3 aromatic heterocycles. The predicted octanol–water partition coefficient (Wildman–Crippen LogP) is 2.79. The van der Waals surface area contributed by atoms with E-state index in [1.165, 1.54) is 17.7 Å². The van der Waals surface area contributed by atoms with Crippen molar-refractivity contribution >= 4 is 27.4 Å². The Balaban J connectivity index is 1.71. The van der Waals surface area contributed by atoms with E-state index in [2.05, 4.69) is 21.4 Å². The number of nitrogen functional groups attached to an aromatic ring is 1. The van der Waals surface area contributed by atoms with E-state index < -0.39 is 0 Å². The normalized spacial score (nSPS) is 15.0. The summed E-state index contributed by atoms with van der Waals surface area (Å²) in [5, 5.41) is 4.43. The lowest BCUT2D eigenvalue weighted by Gasteiger charge is -1.98. The Morgan fingerprint density at radius 1 is 1.40 bits per heavy atom. The Hall–Kier alpha value is -1.92. The van der Waals surface area contributed by atoms with E-state index in [1.54, 1.807) is 17.6 Å². The molecule has 1 fully saturated rings. The first-order chi connectivity index (χ1) is 9.79. The lowest BCUT2D eigenvalue weighted by Crippen LogP contribution is -2.14. The van der Waals surface area contributed by atoms with Gasteiger partial charge in [-0.05, 0) is 31.0 Å². The Bertz CT molecular complexity index is 746. The molecule has 5 nitrogen and oxygen atoms in total. The summed E-state index contributed by atoms with van der Waals surface area (Å²) in [5.74, 6) is 1.70. The van der Waals surface area contributed by atoms with Crippen LogP contribution in [0.15, 0.2) is 28.9 Å². The van der Waals surface area contributed by atoms with Crippen LogP contribution >= 0.6 is 11.3 Å². The molecule has 0 unspecified atom stereocenters. The minimum atomic E-state index is 0.510. The molecule has 1 saturated carbocycles. The first kappa shape index (κ1) is 11.9. The SMILES string of the molecule is Nc1nc(-c2ccco2)nc2sc(CNC3CC3)cc12. The molecule has 0 aromatic carbocycles. The van der Waals surface area contributed by atoms with Crippen LogP contribution in [0.3, 0.4) is 0 Å². The maximum absolute atomic E-state index is 6.04. The zero-order chi connectivity index (χ0) is 13.5. The molecule has 0 bridgehead atoms. The molecule has 4 rings (SSSR count). The second-order valence-electron chi connectivity index (χ2n) is 5.00. The van der Waals surface area contributed by atoms with Gasteiger partial charge in [-0.1, -0.05) is 0 Å². The fourth-order valence-corrected chi connectivity index (χ4v) is 3.12. The fraction of sp³-hybridized carbons (Fsp3) is 0.286. The molecule has 0 spiro atoms. The van der Waals surface area contributed by atoms with Crippen LogP contribution in [0.5, 0.6) is 0 Å². The number of fused-ring (bicyclic) bond motifs is 1. The van der Waals surface area contributed by atoms with Gasteiger partial charge in [0, 0.05) is 17.5 Å². The van der Waals surface area contributed by atoms with Gasteiger partial charge in [-0.15, -0.1) is 11.3 Å². The van der Waals surface area contributed by atoms with Gasteiger partial charge in [-0.2, -0.15) is 0 Å². The summed E-state index contributed by atoms with van der Waals surface area (Å²) >= 11 is 1.66. The third-order valence-corrected chi connectivity index (χ3v) is 4.39. The minimum absolute atomic E-state index is 0.510. The van der Waals surface area contributed by atoms with E-state index in [1.807, 2.05) is 12.1 Å². The van der Waals surface area contributed by atoms with Crippen LogP contribution in [0.4, 0.5) is 5.82 Å². The van der Waals surface area contributed by atoms with Crippen LogP contribution < -0.4 is 11.1 Å². The average Bonchev–Trinajstić information content (AvgIpc) is 2.95. The van der Waals surface area contributed by atoms with Gasteiger partial charge in [0.05, 0.1) is 11.6 Å². The highest BCUT2D eigenvalue weighted by atomic mass is 32.1. The summed E-state index contributed by atoms with van der Waals surface area (Å²) in [5.41, 5.74) is 6.04. The van der Waals surface area contributed by atoms with E-state index in [0.29, 0.717) is 23.4 Å². The highest BCUT2D eigenvalue weighted by Crippen LogP contribution is 2.30. The molecule has 102 valence electrons. The van der Waals surface area contributed by atoms with E-state index in [-0.39, 0.29) is 0 Å². The monoisotopic (exact) mass is 286 g/mol. The van der Waals surface area contributed by atoms with Gasteiger partial charge in [0.15, 0.2) is 11.6 Å². The lowest BCUT2D eigenvalue weighted by atomic mass is 10.3. The van der Waals surface area contributed by atoms with Crippen molar-refractivity contribution in [1.29, 1.82) is 0 Å². The predicted molar refractivity (Wildman–Crippen MR) is 79.4 cm³/mol. The second kappa shape index (κ2) is 4.57. The van der Waals surface area contributed by atoms with Gasteiger partial charge in [0.1, 0.15) is 10.6 Å². The van der Waals surface area contributed by atoms with Crippen molar-refractivity contribution < 1.29 is 4.42 Å².